The largest absolute Gasteiger partial charge is 0.481 e. The van der Waals surface area contributed by atoms with Gasteiger partial charge in [-0.2, -0.15) is 0 Å². The maximum Gasteiger partial charge on any atom is 0.309 e. The number of fused-ring (bicyclic) bond motifs is 1. The molecule has 0 atom stereocenters. The van der Waals surface area contributed by atoms with Gasteiger partial charge in [0.25, 0.3) is 5.92 Å². The van der Waals surface area contributed by atoms with Crippen LogP contribution in [-0.2, 0) is 10.7 Å². The molecule has 5 nitrogen and oxygen atoms in total. The molecule has 0 amide bonds. The Morgan fingerprint density at radius 3 is 2.88 bits per heavy atom. The van der Waals surface area contributed by atoms with Crippen LogP contribution < -0.4 is 0 Å². The molecule has 0 aromatic carbocycles. The fourth-order valence-electron chi connectivity index (χ4n) is 1.50. The quantitative estimate of drug-likeness (QED) is 0.830. The van der Waals surface area contributed by atoms with Crippen LogP contribution in [-0.4, -0.2) is 26.0 Å². The number of aliphatic carboxylic acids is 1. The van der Waals surface area contributed by atoms with Gasteiger partial charge in [0.15, 0.2) is 0 Å². The first-order chi connectivity index (χ1) is 7.92. The third kappa shape index (κ3) is 2.05. The highest BCUT2D eigenvalue weighted by molar-refractivity contribution is 6.34. The zero-order chi connectivity index (χ0) is 12.6. The van der Waals surface area contributed by atoms with Crippen LogP contribution in [0.3, 0.4) is 0 Å². The summed E-state index contributed by atoms with van der Waals surface area (Å²) in [6, 6.07) is 0. The van der Waals surface area contributed by atoms with E-state index in [2.05, 4.69) is 15.0 Å². The lowest BCUT2D eigenvalue weighted by molar-refractivity contribution is -0.145. The molecule has 0 radical (unpaired) electrons. The normalized spacial score (nSPS) is 11.9. The van der Waals surface area contributed by atoms with Crippen LogP contribution >= 0.6 is 11.6 Å². The lowest BCUT2D eigenvalue weighted by Gasteiger charge is -2.12. The number of aromatic nitrogens is 3. The second-order valence-corrected chi connectivity index (χ2v) is 3.72. The summed E-state index contributed by atoms with van der Waals surface area (Å²) in [5, 5.41) is 8.24. The summed E-state index contributed by atoms with van der Waals surface area (Å²) >= 11 is 5.69. The lowest BCUT2D eigenvalue weighted by Crippen LogP contribution is -2.18. The highest BCUT2D eigenvalue weighted by atomic mass is 35.5. The molecule has 2 rings (SSSR count). The third-order valence-electron chi connectivity index (χ3n) is 2.19. The molecule has 0 saturated carbocycles. The number of carbonyl (C=O) groups is 1. The Bertz CT molecular complexity index is 585. The van der Waals surface area contributed by atoms with Crippen molar-refractivity contribution < 1.29 is 18.7 Å². The Hall–Kier alpha value is -1.76. The number of nitrogens with one attached hydrogen (secondary N) is 1. The molecule has 0 saturated heterocycles. The summed E-state index contributed by atoms with van der Waals surface area (Å²) in [4.78, 5) is 20.2. The molecular formula is C9H6ClF2N3O2. The molecule has 2 N–H and O–H groups in total. The Morgan fingerprint density at radius 1 is 1.53 bits per heavy atom. The SMILES string of the molecule is O=C(O)CC(F)(F)c1c[nH]c2ncnc(Cl)c12. The predicted octanol–water partition coefficient (Wildman–Crippen LogP) is 2.18. The molecule has 0 aliphatic heterocycles. The highest BCUT2D eigenvalue weighted by Gasteiger charge is 2.38. The number of nitrogens with zero attached hydrogens (tertiary/aromatic N) is 2. The van der Waals surface area contributed by atoms with Crippen molar-refractivity contribution in [2.24, 2.45) is 0 Å². The van der Waals surface area contributed by atoms with Gasteiger partial charge in [0.1, 0.15) is 23.5 Å². The van der Waals surface area contributed by atoms with Crippen LogP contribution in [0.15, 0.2) is 12.5 Å². The number of rotatable bonds is 3. The summed E-state index contributed by atoms with van der Waals surface area (Å²) in [6.07, 6.45) is 0.805. The summed E-state index contributed by atoms with van der Waals surface area (Å²) in [5.74, 6) is -5.13. The smallest absolute Gasteiger partial charge is 0.309 e. The van der Waals surface area contributed by atoms with Gasteiger partial charge in [-0.1, -0.05) is 11.6 Å². The Balaban J connectivity index is 2.59. The first-order valence-corrected chi connectivity index (χ1v) is 4.87. The number of hydrogen-bond donors (Lipinski definition) is 2. The van der Waals surface area contributed by atoms with Gasteiger partial charge in [0.2, 0.25) is 0 Å². The number of hydrogen-bond acceptors (Lipinski definition) is 3. The molecule has 2 aromatic rings. The van der Waals surface area contributed by atoms with E-state index in [9.17, 15) is 13.6 Å². The molecule has 0 aliphatic carbocycles. The minimum atomic E-state index is -3.53. The maximum atomic E-state index is 13.6. The van der Waals surface area contributed by atoms with Gasteiger partial charge >= 0.3 is 5.97 Å². The number of aromatic amines is 1. The van der Waals surface area contributed by atoms with E-state index in [-0.39, 0.29) is 16.2 Å². The molecule has 0 bridgehead atoms. The molecular weight excluding hydrogens is 256 g/mol. The molecule has 8 heteroatoms. The monoisotopic (exact) mass is 261 g/mol. The third-order valence-corrected chi connectivity index (χ3v) is 2.48. The van der Waals surface area contributed by atoms with Gasteiger partial charge in [0, 0.05) is 6.20 Å². The van der Waals surface area contributed by atoms with Crippen LogP contribution in [0.5, 0.6) is 0 Å². The van der Waals surface area contributed by atoms with E-state index in [0.29, 0.717) is 0 Å². The van der Waals surface area contributed by atoms with Crippen LogP contribution in [0.25, 0.3) is 11.0 Å². The van der Waals surface area contributed by atoms with E-state index in [1.54, 1.807) is 0 Å². The fourth-order valence-corrected chi connectivity index (χ4v) is 1.73. The van der Waals surface area contributed by atoms with Gasteiger partial charge in [-0.25, -0.2) is 18.7 Å². The summed E-state index contributed by atoms with van der Waals surface area (Å²) in [7, 11) is 0. The van der Waals surface area contributed by atoms with Crippen molar-refractivity contribution in [2.45, 2.75) is 12.3 Å². The molecule has 0 unspecified atom stereocenters. The van der Waals surface area contributed by atoms with Gasteiger partial charge in [-0.3, -0.25) is 4.79 Å². The van der Waals surface area contributed by atoms with Crippen molar-refractivity contribution in [1.82, 2.24) is 15.0 Å². The number of alkyl halides is 2. The van der Waals surface area contributed by atoms with Crippen molar-refractivity contribution in [3.63, 3.8) is 0 Å². The highest BCUT2D eigenvalue weighted by Crippen LogP contribution is 2.37. The number of H-pyrrole nitrogens is 1. The van der Waals surface area contributed by atoms with Crippen molar-refractivity contribution in [1.29, 1.82) is 0 Å². The second kappa shape index (κ2) is 3.92. The zero-order valence-electron chi connectivity index (χ0n) is 8.25. The molecule has 2 aromatic heterocycles. The van der Waals surface area contributed by atoms with E-state index in [4.69, 9.17) is 16.7 Å². The predicted molar refractivity (Wildman–Crippen MR) is 55.0 cm³/mol. The van der Waals surface area contributed by atoms with E-state index in [1.807, 2.05) is 0 Å². The molecule has 2 heterocycles. The van der Waals surface area contributed by atoms with Crippen molar-refractivity contribution >= 4 is 28.6 Å². The first-order valence-electron chi connectivity index (χ1n) is 4.49. The molecule has 0 aliphatic rings. The maximum absolute atomic E-state index is 13.6. The Labute approximate surface area is 98.4 Å². The van der Waals surface area contributed by atoms with E-state index in [1.165, 1.54) is 0 Å². The molecule has 0 fully saturated rings. The fraction of sp³-hybridized carbons (Fsp3) is 0.222. The molecule has 17 heavy (non-hydrogen) atoms. The Morgan fingerprint density at radius 2 is 2.24 bits per heavy atom. The van der Waals surface area contributed by atoms with Gasteiger partial charge in [-0.15, -0.1) is 0 Å². The Kier molecular flexibility index (Phi) is 2.70. The van der Waals surface area contributed by atoms with Crippen LogP contribution in [0.1, 0.15) is 12.0 Å². The minimum absolute atomic E-state index is 0.0552. The van der Waals surface area contributed by atoms with Crippen LogP contribution in [0, 0.1) is 0 Å². The summed E-state index contributed by atoms with van der Waals surface area (Å²) < 4.78 is 27.3. The average molecular weight is 262 g/mol. The van der Waals surface area contributed by atoms with E-state index < -0.39 is 23.9 Å². The molecule has 90 valence electrons. The van der Waals surface area contributed by atoms with Gasteiger partial charge in [-0.05, 0) is 0 Å². The average Bonchev–Trinajstić information content (AvgIpc) is 2.61. The topological polar surface area (TPSA) is 78.9 Å². The van der Waals surface area contributed by atoms with E-state index in [0.717, 1.165) is 12.5 Å². The van der Waals surface area contributed by atoms with Crippen LogP contribution in [0.2, 0.25) is 5.15 Å². The first kappa shape index (κ1) is 11.7. The zero-order valence-corrected chi connectivity index (χ0v) is 9.00. The summed E-state index contributed by atoms with van der Waals surface area (Å²) in [6.45, 7) is 0. The number of halogens is 3. The van der Waals surface area contributed by atoms with Gasteiger partial charge < -0.3 is 10.1 Å². The van der Waals surface area contributed by atoms with Crippen molar-refractivity contribution in [2.75, 3.05) is 0 Å². The van der Waals surface area contributed by atoms with Gasteiger partial charge in [0.05, 0.1) is 10.9 Å². The minimum Gasteiger partial charge on any atom is -0.481 e. The lowest BCUT2D eigenvalue weighted by atomic mass is 10.1. The van der Waals surface area contributed by atoms with Crippen molar-refractivity contribution in [3.05, 3.63) is 23.2 Å². The standard InChI is InChI=1S/C9H6ClF2N3O2/c10-7-6-4(9(11,12)1-5(16)17)2-13-8(6)15-3-14-7/h2-3H,1H2,(H,16,17)(H,13,14,15). The summed E-state index contributed by atoms with van der Waals surface area (Å²) in [5.41, 5.74) is -0.370. The van der Waals surface area contributed by atoms with E-state index >= 15 is 0 Å². The number of carboxylic acid groups (broad SMARTS) is 1. The number of carboxylic acids is 1. The van der Waals surface area contributed by atoms with Crippen LogP contribution in [0.4, 0.5) is 8.78 Å². The molecule has 0 spiro atoms. The second-order valence-electron chi connectivity index (χ2n) is 3.37. The van der Waals surface area contributed by atoms with Crippen molar-refractivity contribution in [3.8, 4) is 0 Å².